The van der Waals surface area contributed by atoms with Crippen LogP contribution >= 0.6 is 0 Å². The lowest BCUT2D eigenvalue weighted by Crippen LogP contribution is -2.54. The van der Waals surface area contributed by atoms with Gasteiger partial charge in [0.05, 0.1) is 18.8 Å². The first kappa shape index (κ1) is 10.4. The molecule has 1 saturated carbocycles. The Labute approximate surface area is 85.8 Å². The van der Waals surface area contributed by atoms with Crippen LogP contribution in [0.2, 0.25) is 0 Å². The molecule has 14 heavy (non-hydrogen) atoms. The molecule has 0 spiro atoms. The van der Waals surface area contributed by atoms with Gasteiger partial charge in [0.2, 0.25) is 0 Å². The molecule has 1 saturated heterocycles. The number of aliphatic hydroxyl groups excluding tert-OH is 1. The van der Waals surface area contributed by atoms with E-state index >= 15 is 0 Å². The van der Waals surface area contributed by atoms with E-state index in [0.29, 0.717) is 12.6 Å². The number of rotatable bonds is 3. The Bertz CT molecular complexity index is 172. The van der Waals surface area contributed by atoms with Gasteiger partial charge in [-0.05, 0) is 19.3 Å². The first-order chi connectivity index (χ1) is 6.85. The maximum absolute atomic E-state index is 9.40. The highest BCUT2D eigenvalue weighted by Crippen LogP contribution is 2.24. The van der Waals surface area contributed by atoms with Crippen LogP contribution in [0.5, 0.6) is 0 Å². The van der Waals surface area contributed by atoms with Crippen molar-refractivity contribution in [2.24, 2.45) is 0 Å². The molecule has 0 aromatic carbocycles. The minimum absolute atomic E-state index is 0.123. The molecule has 2 fully saturated rings. The van der Waals surface area contributed by atoms with Crippen molar-refractivity contribution in [1.82, 2.24) is 5.32 Å². The number of aliphatic hydroxyl groups is 1. The summed E-state index contributed by atoms with van der Waals surface area (Å²) >= 11 is 0. The molecule has 1 aliphatic carbocycles. The highest BCUT2D eigenvalue weighted by atomic mass is 16.5. The average Bonchev–Trinajstić information content (AvgIpc) is 2.69. The van der Waals surface area contributed by atoms with E-state index in [-0.39, 0.29) is 12.1 Å². The topological polar surface area (TPSA) is 41.5 Å². The third kappa shape index (κ3) is 2.27. The van der Waals surface area contributed by atoms with Crippen LogP contribution in [0.25, 0.3) is 0 Å². The molecule has 1 atom stereocenters. The van der Waals surface area contributed by atoms with Gasteiger partial charge in [0, 0.05) is 12.6 Å². The standard InChI is InChI=1S/C11H21NO2/c13-8-11(6-7-14-9-11)12-10-4-2-1-3-5-10/h10,12-13H,1-9H2. The van der Waals surface area contributed by atoms with Gasteiger partial charge in [0.25, 0.3) is 0 Å². The van der Waals surface area contributed by atoms with Crippen molar-refractivity contribution in [2.75, 3.05) is 19.8 Å². The molecule has 82 valence electrons. The molecule has 0 amide bonds. The van der Waals surface area contributed by atoms with Gasteiger partial charge in [0.1, 0.15) is 0 Å². The highest BCUT2D eigenvalue weighted by molar-refractivity contribution is 4.94. The summed E-state index contributed by atoms with van der Waals surface area (Å²) < 4.78 is 5.37. The summed E-state index contributed by atoms with van der Waals surface area (Å²) in [5, 5.41) is 13.0. The number of ether oxygens (including phenoxy) is 1. The summed E-state index contributed by atoms with van der Waals surface area (Å²) in [6.45, 7) is 1.68. The third-order valence-corrected chi connectivity index (χ3v) is 3.52. The average molecular weight is 199 g/mol. The van der Waals surface area contributed by atoms with Crippen molar-refractivity contribution in [3.63, 3.8) is 0 Å². The molecular weight excluding hydrogens is 178 g/mol. The second kappa shape index (κ2) is 4.60. The lowest BCUT2D eigenvalue weighted by Gasteiger charge is -2.34. The van der Waals surface area contributed by atoms with E-state index in [1.165, 1.54) is 32.1 Å². The molecule has 0 radical (unpaired) electrons. The van der Waals surface area contributed by atoms with Crippen LogP contribution in [0.1, 0.15) is 38.5 Å². The number of hydrogen-bond acceptors (Lipinski definition) is 3. The third-order valence-electron chi connectivity index (χ3n) is 3.52. The van der Waals surface area contributed by atoms with Crippen molar-refractivity contribution in [2.45, 2.75) is 50.1 Å². The van der Waals surface area contributed by atoms with E-state index in [0.717, 1.165) is 13.0 Å². The Morgan fingerprint density at radius 2 is 2.07 bits per heavy atom. The molecule has 3 nitrogen and oxygen atoms in total. The van der Waals surface area contributed by atoms with Gasteiger partial charge in [-0.2, -0.15) is 0 Å². The zero-order valence-electron chi connectivity index (χ0n) is 8.80. The summed E-state index contributed by atoms with van der Waals surface area (Å²) in [5.41, 5.74) is -0.123. The monoisotopic (exact) mass is 199 g/mol. The first-order valence-electron chi connectivity index (χ1n) is 5.81. The SMILES string of the molecule is OCC1(NC2CCCCC2)CCOC1. The van der Waals surface area contributed by atoms with Gasteiger partial charge in [0.15, 0.2) is 0 Å². The molecule has 2 N–H and O–H groups in total. The van der Waals surface area contributed by atoms with Crippen LogP contribution in [-0.4, -0.2) is 36.5 Å². The molecule has 3 heteroatoms. The maximum Gasteiger partial charge on any atom is 0.0675 e. The fourth-order valence-electron chi connectivity index (χ4n) is 2.57. The first-order valence-corrected chi connectivity index (χ1v) is 5.81. The summed E-state index contributed by atoms with van der Waals surface area (Å²) in [5.74, 6) is 0. The van der Waals surface area contributed by atoms with E-state index in [9.17, 15) is 5.11 Å². The molecule has 0 aromatic rings. The Balaban J connectivity index is 1.86. The van der Waals surface area contributed by atoms with Gasteiger partial charge in [-0.25, -0.2) is 0 Å². The Kier molecular flexibility index (Phi) is 3.42. The largest absolute Gasteiger partial charge is 0.394 e. The second-order valence-electron chi connectivity index (χ2n) is 4.72. The van der Waals surface area contributed by atoms with Crippen molar-refractivity contribution in [1.29, 1.82) is 0 Å². The minimum atomic E-state index is -0.123. The van der Waals surface area contributed by atoms with Crippen LogP contribution in [0.3, 0.4) is 0 Å². The fourth-order valence-corrected chi connectivity index (χ4v) is 2.57. The van der Waals surface area contributed by atoms with Crippen molar-refractivity contribution < 1.29 is 9.84 Å². The van der Waals surface area contributed by atoms with Crippen LogP contribution < -0.4 is 5.32 Å². The molecule has 1 unspecified atom stereocenters. The summed E-state index contributed by atoms with van der Waals surface area (Å²) in [4.78, 5) is 0. The Morgan fingerprint density at radius 3 is 2.64 bits per heavy atom. The van der Waals surface area contributed by atoms with Gasteiger partial charge in [-0.15, -0.1) is 0 Å². The minimum Gasteiger partial charge on any atom is -0.394 e. The summed E-state index contributed by atoms with van der Waals surface area (Å²) in [6, 6.07) is 0.609. The highest BCUT2D eigenvalue weighted by Gasteiger charge is 2.36. The predicted octanol–water partition coefficient (Wildman–Crippen LogP) is 1.06. The van der Waals surface area contributed by atoms with Crippen LogP contribution in [0.15, 0.2) is 0 Å². The second-order valence-corrected chi connectivity index (χ2v) is 4.72. The molecule has 0 aromatic heterocycles. The summed E-state index contributed by atoms with van der Waals surface area (Å²) in [7, 11) is 0. The molecular formula is C11H21NO2. The molecule has 2 rings (SSSR count). The Morgan fingerprint density at radius 1 is 1.29 bits per heavy atom. The van der Waals surface area contributed by atoms with Crippen molar-refractivity contribution in [3.05, 3.63) is 0 Å². The van der Waals surface area contributed by atoms with Crippen molar-refractivity contribution in [3.8, 4) is 0 Å². The van der Waals surface area contributed by atoms with Crippen molar-refractivity contribution >= 4 is 0 Å². The van der Waals surface area contributed by atoms with Crippen LogP contribution in [-0.2, 0) is 4.74 Å². The van der Waals surface area contributed by atoms with Gasteiger partial charge in [-0.3, -0.25) is 0 Å². The predicted molar refractivity (Wildman–Crippen MR) is 55.3 cm³/mol. The number of hydrogen-bond donors (Lipinski definition) is 2. The van der Waals surface area contributed by atoms with E-state index < -0.39 is 0 Å². The maximum atomic E-state index is 9.40. The van der Waals surface area contributed by atoms with E-state index in [2.05, 4.69) is 5.32 Å². The normalized spacial score (nSPS) is 34.9. The lowest BCUT2D eigenvalue weighted by molar-refractivity contribution is 0.107. The molecule has 0 bridgehead atoms. The fraction of sp³-hybridized carbons (Fsp3) is 1.00. The molecule has 2 aliphatic rings. The smallest absolute Gasteiger partial charge is 0.0675 e. The van der Waals surface area contributed by atoms with Gasteiger partial charge >= 0.3 is 0 Å². The van der Waals surface area contributed by atoms with Gasteiger partial charge < -0.3 is 15.2 Å². The quantitative estimate of drug-likeness (QED) is 0.714. The summed E-state index contributed by atoms with van der Waals surface area (Å²) in [6.07, 6.45) is 7.53. The van der Waals surface area contributed by atoms with E-state index in [1.807, 2.05) is 0 Å². The lowest BCUT2D eigenvalue weighted by atomic mass is 9.91. The Hall–Kier alpha value is -0.120. The van der Waals surface area contributed by atoms with E-state index in [4.69, 9.17) is 4.74 Å². The zero-order chi connectivity index (χ0) is 9.86. The number of nitrogens with one attached hydrogen (secondary N) is 1. The molecule has 1 heterocycles. The zero-order valence-corrected chi connectivity index (χ0v) is 8.80. The van der Waals surface area contributed by atoms with Crippen LogP contribution in [0, 0.1) is 0 Å². The van der Waals surface area contributed by atoms with E-state index in [1.54, 1.807) is 0 Å². The molecule has 1 aliphatic heterocycles. The van der Waals surface area contributed by atoms with Gasteiger partial charge in [-0.1, -0.05) is 19.3 Å². The van der Waals surface area contributed by atoms with Crippen LogP contribution in [0.4, 0.5) is 0 Å².